The first-order chi connectivity index (χ1) is 1.73. The molecule has 0 saturated heterocycles. The van der Waals surface area contributed by atoms with E-state index in [0.717, 1.165) is 0 Å². The van der Waals surface area contributed by atoms with Crippen molar-refractivity contribution in [2.24, 2.45) is 0 Å². The molecule has 2 N–H and O–H groups in total. The average molecular weight is 113 g/mol. The Labute approximate surface area is 67.8 Å². The fourth-order valence-corrected chi connectivity index (χ4v) is 0. The van der Waals surface area contributed by atoms with Gasteiger partial charge in [0.15, 0.2) is 0 Å². The summed E-state index contributed by atoms with van der Waals surface area (Å²) in [6.45, 7) is 0. The standard InChI is InChI=1S/Li.Mg.NO3.H2O.2H/c;;2-1(3)4;;;/h;;;1H2;;/q+1;;-1;;;. The first-order valence-corrected chi connectivity index (χ1v) is 0.548. The van der Waals surface area contributed by atoms with E-state index in [4.69, 9.17) is 15.3 Å². The summed E-state index contributed by atoms with van der Waals surface area (Å²) in [7, 11) is 0. The maximum absolute atomic E-state index is 8.25. The minimum absolute atomic E-state index is 0. The normalized spacial score (nSPS) is 3.43. The zero-order valence-electron chi connectivity index (χ0n) is 3.17. The van der Waals surface area contributed by atoms with E-state index in [-0.39, 0.29) is 47.4 Å². The molecule has 5 nitrogen and oxygen atoms in total. The van der Waals surface area contributed by atoms with E-state index in [1.807, 2.05) is 0 Å². The van der Waals surface area contributed by atoms with Crippen molar-refractivity contribution in [1.29, 1.82) is 0 Å². The molecule has 0 bridgehead atoms. The van der Waals surface area contributed by atoms with E-state index in [2.05, 4.69) is 0 Å². The summed E-state index contributed by atoms with van der Waals surface area (Å²) < 4.78 is 0. The Balaban J connectivity index is -0.0000000150. The van der Waals surface area contributed by atoms with Gasteiger partial charge in [0, 0.05) is 0 Å². The summed E-state index contributed by atoms with van der Waals surface area (Å²) in [5, 5.41) is 14.8. The summed E-state index contributed by atoms with van der Waals surface area (Å²) in [5.41, 5.74) is 0. The van der Waals surface area contributed by atoms with Gasteiger partial charge in [-0.2, -0.15) is 0 Å². The SMILES string of the molecule is O.O=[N+]([O-])[O-].[Li+].[MgH2]. The molecule has 0 spiro atoms. The largest absolute Gasteiger partial charge is 1.00 e. The van der Waals surface area contributed by atoms with Gasteiger partial charge < -0.3 is 20.8 Å². The molecular weight excluding hydrogens is 109 g/mol. The maximum atomic E-state index is 8.25. The minimum atomic E-state index is -1.75. The Kier molecular flexibility index (Phi) is 59.1. The molecule has 0 aliphatic carbocycles. The van der Waals surface area contributed by atoms with Gasteiger partial charge in [-0.05, 0) is 0 Å². The van der Waals surface area contributed by atoms with Gasteiger partial charge in [0.05, 0.1) is 5.09 Å². The molecule has 0 amide bonds. The Morgan fingerprint density at radius 1 is 1.29 bits per heavy atom. The zero-order valence-corrected chi connectivity index (χ0v) is 3.17. The van der Waals surface area contributed by atoms with Gasteiger partial charge in [-0.1, -0.05) is 0 Å². The van der Waals surface area contributed by atoms with Gasteiger partial charge in [-0.25, -0.2) is 0 Å². The molecule has 0 saturated carbocycles. The van der Waals surface area contributed by atoms with Crippen LogP contribution in [0.5, 0.6) is 0 Å². The maximum Gasteiger partial charge on any atom is 1.00 e. The second-order valence-corrected chi connectivity index (χ2v) is 0.224. The summed E-state index contributed by atoms with van der Waals surface area (Å²) in [4.78, 5) is 8.25. The summed E-state index contributed by atoms with van der Waals surface area (Å²) in [6, 6.07) is 0. The molecule has 0 aromatic carbocycles. The molecule has 0 radical (unpaired) electrons. The molecule has 0 aromatic heterocycles. The van der Waals surface area contributed by atoms with Crippen molar-refractivity contribution in [3.8, 4) is 0 Å². The van der Waals surface area contributed by atoms with E-state index in [9.17, 15) is 0 Å². The summed E-state index contributed by atoms with van der Waals surface area (Å²) >= 11 is 0. The fourth-order valence-electron chi connectivity index (χ4n) is 0. The third-order valence-electron chi connectivity index (χ3n) is 0. The monoisotopic (exact) mass is 113 g/mol. The molecule has 7 heavy (non-hydrogen) atoms. The van der Waals surface area contributed by atoms with Crippen molar-refractivity contribution in [1.82, 2.24) is 0 Å². The molecule has 0 aliphatic heterocycles. The second-order valence-electron chi connectivity index (χ2n) is 0.224. The third kappa shape index (κ3) is 487. The van der Waals surface area contributed by atoms with Crippen LogP contribution < -0.4 is 18.9 Å². The number of hydrogen-bond acceptors (Lipinski definition) is 3. The van der Waals surface area contributed by atoms with Crippen molar-refractivity contribution < 1.29 is 29.4 Å². The first-order valence-electron chi connectivity index (χ1n) is 0.548. The molecule has 0 aliphatic rings. The van der Waals surface area contributed by atoms with Crippen molar-refractivity contribution in [2.75, 3.05) is 0 Å². The molecule has 36 valence electrons. The smallest absolute Gasteiger partial charge is 0.412 e. The Morgan fingerprint density at radius 3 is 1.29 bits per heavy atom. The van der Waals surface area contributed by atoms with Crippen LogP contribution in [0.15, 0.2) is 0 Å². The predicted molar refractivity (Wildman–Crippen MR) is 22.5 cm³/mol. The molecule has 0 fully saturated rings. The van der Waals surface area contributed by atoms with Crippen molar-refractivity contribution in [3.05, 3.63) is 15.3 Å². The molecule has 0 atom stereocenters. The van der Waals surface area contributed by atoms with Gasteiger partial charge in [-0.3, -0.25) is 0 Å². The molecule has 0 unspecified atom stereocenters. The van der Waals surface area contributed by atoms with E-state index in [0.29, 0.717) is 0 Å². The van der Waals surface area contributed by atoms with Crippen LogP contribution >= 0.6 is 0 Å². The zero-order chi connectivity index (χ0) is 3.58. The Hall–Kier alpha value is 0.524. The van der Waals surface area contributed by atoms with Gasteiger partial charge in [0.1, 0.15) is 0 Å². The minimum Gasteiger partial charge on any atom is -0.412 e. The molecule has 0 aromatic rings. The van der Waals surface area contributed by atoms with Crippen molar-refractivity contribution in [3.63, 3.8) is 0 Å². The molecule has 7 heteroatoms. The Morgan fingerprint density at radius 2 is 1.29 bits per heavy atom. The second kappa shape index (κ2) is 16.0. The quantitative estimate of drug-likeness (QED) is 0.179. The number of nitrogens with zero attached hydrogens (tertiary/aromatic N) is 1. The fraction of sp³-hybridized carbons (Fsp3) is 0. The van der Waals surface area contributed by atoms with Crippen LogP contribution in [0, 0.1) is 15.3 Å². The van der Waals surface area contributed by atoms with Gasteiger partial charge in [-0.15, -0.1) is 0 Å². The molecule has 0 heterocycles. The van der Waals surface area contributed by atoms with Crippen LogP contribution in [0.2, 0.25) is 0 Å². The van der Waals surface area contributed by atoms with Gasteiger partial charge in [0.2, 0.25) is 0 Å². The van der Waals surface area contributed by atoms with E-state index in [1.165, 1.54) is 0 Å². The van der Waals surface area contributed by atoms with Gasteiger partial charge >= 0.3 is 41.9 Å². The molecular formula is H4LiMgNO4. The van der Waals surface area contributed by atoms with Crippen LogP contribution in [0.3, 0.4) is 0 Å². The van der Waals surface area contributed by atoms with Crippen LogP contribution in [-0.4, -0.2) is 33.6 Å². The first kappa shape index (κ1) is 25.8. The van der Waals surface area contributed by atoms with Crippen LogP contribution in [0.4, 0.5) is 0 Å². The molecule has 0 rings (SSSR count). The predicted octanol–water partition coefficient (Wildman–Crippen LogP) is -4.98. The van der Waals surface area contributed by atoms with Gasteiger partial charge in [0.25, 0.3) is 0 Å². The van der Waals surface area contributed by atoms with Crippen LogP contribution in [0.25, 0.3) is 0 Å². The summed E-state index contributed by atoms with van der Waals surface area (Å²) in [6.07, 6.45) is 0. The van der Waals surface area contributed by atoms with E-state index < -0.39 is 5.09 Å². The third-order valence-corrected chi connectivity index (χ3v) is 0. The van der Waals surface area contributed by atoms with Crippen LogP contribution in [-0.2, 0) is 0 Å². The van der Waals surface area contributed by atoms with E-state index >= 15 is 0 Å². The van der Waals surface area contributed by atoms with Crippen molar-refractivity contribution in [2.45, 2.75) is 0 Å². The average Bonchev–Trinajstić information content (AvgIpc) is 0.811. The van der Waals surface area contributed by atoms with Crippen LogP contribution in [0.1, 0.15) is 0 Å². The van der Waals surface area contributed by atoms with Crippen molar-refractivity contribution >= 4 is 23.1 Å². The number of rotatable bonds is 0. The Bertz CT molecular complexity index is 34.7. The van der Waals surface area contributed by atoms with E-state index in [1.54, 1.807) is 0 Å². The topological polar surface area (TPSA) is 97.7 Å². The number of hydrogen-bond donors (Lipinski definition) is 0. The summed E-state index contributed by atoms with van der Waals surface area (Å²) in [5.74, 6) is 0.